The fourth-order valence-corrected chi connectivity index (χ4v) is 5.03. The summed E-state index contributed by atoms with van der Waals surface area (Å²) in [5.41, 5.74) is 0.913. The molecular formula is C25H39N3O3. The quantitative estimate of drug-likeness (QED) is 0.708. The van der Waals surface area contributed by atoms with Crippen LogP contribution in [0.15, 0.2) is 24.3 Å². The van der Waals surface area contributed by atoms with E-state index in [1.165, 1.54) is 31.5 Å². The number of nitrogens with zero attached hydrogens (tertiary/aromatic N) is 3. The molecule has 31 heavy (non-hydrogen) atoms. The molecule has 2 atom stereocenters. The van der Waals surface area contributed by atoms with Gasteiger partial charge in [0.05, 0.1) is 6.61 Å². The van der Waals surface area contributed by atoms with Gasteiger partial charge >= 0.3 is 6.09 Å². The second kappa shape index (κ2) is 9.78. The van der Waals surface area contributed by atoms with Crippen molar-refractivity contribution in [2.24, 2.45) is 5.92 Å². The van der Waals surface area contributed by atoms with Gasteiger partial charge in [-0.15, -0.1) is 0 Å². The molecule has 4 rings (SSSR count). The Balaban J connectivity index is 1.23. The molecule has 0 radical (unpaired) electrons. The van der Waals surface area contributed by atoms with Crippen LogP contribution in [-0.2, 0) is 11.3 Å². The largest absolute Gasteiger partial charge is 0.493 e. The van der Waals surface area contributed by atoms with Crippen molar-refractivity contribution in [2.75, 3.05) is 45.9 Å². The minimum atomic E-state index is -0.436. The third kappa shape index (κ3) is 6.36. The molecule has 0 bridgehead atoms. The molecule has 1 aromatic rings. The van der Waals surface area contributed by atoms with Crippen LogP contribution in [0.3, 0.4) is 0 Å². The van der Waals surface area contributed by atoms with E-state index in [0.29, 0.717) is 12.0 Å². The maximum Gasteiger partial charge on any atom is 0.410 e. The van der Waals surface area contributed by atoms with E-state index in [-0.39, 0.29) is 6.09 Å². The first-order chi connectivity index (χ1) is 14.9. The van der Waals surface area contributed by atoms with Gasteiger partial charge in [-0.05, 0) is 77.2 Å². The van der Waals surface area contributed by atoms with Crippen molar-refractivity contribution < 1.29 is 14.3 Å². The number of ether oxygens (including phenoxy) is 2. The van der Waals surface area contributed by atoms with Crippen LogP contribution in [0.25, 0.3) is 0 Å². The first kappa shape index (κ1) is 22.4. The summed E-state index contributed by atoms with van der Waals surface area (Å²) in [6.07, 6.45) is 4.74. The Kier molecular flexibility index (Phi) is 7.07. The lowest BCUT2D eigenvalue weighted by molar-refractivity contribution is -0.0122. The van der Waals surface area contributed by atoms with E-state index in [4.69, 9.17) is 9.47 Å². The van der Waals surface area contributed by atoms with E-state index in [9.17, 15) is 4.79 Å². The number of piperidine rings is 1. The second-order valence-electron chi connectivity index (χ2n) is 10.5. The topological polar surface area (TPSA) is 45.3 Å². The number of likely N-dealkylation sites (tertiary alicyclic amines) is 1. The average molecular weight is 430 g/mol. The van der Waals surface area contributed by atoms with E-state index in [0.717, 1.165) is 57.9 Å². The molecule has 0 saturated carbocycles. The summed E-state index contributed by atoms with van der Waals surface area (Å²) >= 11 is 0. The van der Waals surface area contributed by atoms with Crippen LogP contribution in [0, 0.1) is 5.92 Å². The molecule has 0 N–H and O–H groups in total. The van der Waals surface area contributed by atoms with E-state index < -0.39 is 5.60 Å². The van der Waals surface area contributed by atoms with Crippen LogP contribution < -0.4 is 4.74 Å². The monoisotopic (exact) mass is 429 g/mol. The maximum absolute atomic E-state index is 12.4. The molecule has 6 nitrogen and oxygen atoms in total. The zero-order valence-corrected chi connectivity index (χ0v) is 19.5. The van der Waals surface area contributed by atoms with E-state index >= 15 is 0 Å². The van der Waals surface area contributed by atoms with Crippen LogP contribution in [0.1, 0.15) is 52.0 Å². The van der Waals surface area contributed by atoms with Gasteiger partial charge in [0.2, 0.25) is 0 Å². The van der Waals surface area contributed by atoms with Crippen molar-refractivity contribution in [3.8, 4) is 5.75 Å². The van der Waals surface area contributed by atoms with Gasteiger partial charge in [-0.3, -0.25) is 9.80 Å². The minimum Gasteiger partial charge on any atom is -0.493 e. The maximum atomic E-state index is 12.4. The highest BCUT2D eigenvalue weighted by molar-refractivity contribution is 5.68. The number of amides is 1. The van der Waals surface area contributed by atoms with Crippen molar-refractivity contribution in [3.05, 3.63) is 29.8 Å². The molecule has 3 aliphatic rings. The van der Waals surface area contributed by atoms with Gasteiger partial charge in [0.1, 0.15) is 11.4 Å². The molecule has 172 valence electrons. The van der Waals surface area contributed by atoms with Gasteiger partial charge in [0, 0.05) is 44.7 Å². The van der Waals surface area contributed by atoms with Crippen LogP contribution in [0.5, 0.6) is 5.75 Å². The molecule has 3 saturated heterocycles. The Hall–Kier alpha value is -1.79. The molecule has 0 aromatic heterocycles. The van der Waals surface area contributed by atoms with Gasteiger partial charge in [-0.2, -0.15) is 0 Å². The van der Waals surface area contributed by atoms with Crippen LogP contribution in [-0.4, -0.2) is 78.3 Å². The van der Waals surface area contributed by atoms with Crippen molar-refractivity contribution in [3.63, 3.8) is 0 Å². The standard InChI is InChI=1S/C25H39N3O3/c1-25(2,3)31-24(29)28-14-13-27-17-21(9-10-22(27)18-28)19-30-23-8-6-7-20(15-23)16-26-11-4-5-12-26/h6-8,15,21-22H,4-5,9-14,16-19H2,1-3H3/t21-,22-/m0/s1. The summed E-state index contributed by atoms with van der Waals surface area (Å²) in [7, 11) is 0. The Bertz CT molecular complexity index is 742. The zero-order chi connectivity index (χ0) is 21.8. The Morgan fingerprint density at radius 3 is 2.65 bits per heavy atom. The summed E-state index contributed by atoms with van der Waals surface area (Å²) in [6.45, 7) is 13.5. The Labute approximate surface area is 187 Å². The molecule has 3 aliphatic heterocycles. The molecule has 0 aliphatic carbocycles. The summed E-state index contributed by atoms with van der Waals surface area (Å²) in [6, 6.07) is 9.07. The highest BCUT2D eigenvalue weighted by Crippen LogP contribution is 2.27. The summed E-state index contributed by atoms with van der Waals surface area (Å²) in [4.78, 5) is 19.4. The molecule has 1 amide bonds. The fourth-order valence-electron chi connectivity index (χ4n) is 5.03. The van der Waals surface area contributed by atoms with Crippen LogP contribution in [0.2, 0.25) is 0 Å². The Morgan fingerprint density at radius 2 is 1.87 bits per heavy atom. The summed E-state index contributed by atoms with van der Waals surface area (Å²) < 4.78 is 11.8. The molecule has 1 aromatic carbocycles. The van der Waals surface area contributed by atoms with Crippen molar-refractivity contribution in [1.82, 2.24) is 14.7 Å². The van der Waals surface area contributed by atoms with Crippen LogP contribution in [0.4, 0.5) is 4.79 Å². The van der Waals surface area contributed by atoms with Crippen LogP contribution >= 0.6 is 0 Å². The van der Waals surface area contributed by atoms with Gasteiger partial charge in [-0.1, -0.05) is 12.1 Å². The fraction of sp³-hybridized carbons (Fsp3) is 0.720. The lowest BCUT2D eigenvalue weighted by Gasteiger charge is -2.46. The SMILES string of the molecule is CC(C)(C)OC(=O)N1CCN2C[C@@H](COc3cccc(CN4CCCC4)c3)CC[C@H]2C1. The smallest absolute Gasteiger partial charge is 0.410 e. The lowest BCUT2D eigenvalue weighted by atomic mass is 9.91. The zero-order valence-electron chi connectivity index (χ0n) is 19.5. The normalized spacial score (nSPS) is 25.3. The van der Waals surface area contributed by atoms with Gasteiger partial charge < -0.3 is 14.4 Å². The molecule has 3 heterocycles. The second-order valence-corrected chi connectivity index (χ2v) is 10.5. The third-order valence-corrected chi connectivity index (χ3v) is 6.65. The van der Waals surface area contributed by atoms with Crippen molar-refractivity contribution >= 4 is 6.09 Å². The van der Waals surface area contributed by atoms with Gasteiger partial charge in [-0.25, -0.2) is 4.79 Å². The predicted octanol–water partition coefficient (Wildman–Crippen LogP) is 3.99. The lowest BCUT2D eigenvalue weighted by Crippen LogP contribution is -2.58. The highest BCUT2D eigenvalue weighted by Gasteiger charge is 2.35. The number of benzene rings is 1. The molecule has 3 fully saturated rings. The number of fused-ring (bicyclic) bond motifs is 1. The van der Waals surface area contributed by atoms with Gasteiger partial charge in [0.15, 0.2) is 0 Å². The molecular weight excluding hydrogens is 390 g/mol. The first-order valence-corrected chi connectivity index (χ1v) is 12.0. The number of piperazine rings is 1. The number of carbonyl (C=O) groups excluding carboxylic acids is 1. The number of hydrogen-bond acceptors (Lipinski definition) is 5. The predicted molar refractivity (Wildman–Crippen MR) is 122 cm³/mol. The Morgan fingerprint density at radius 1 is 1.06 bits per heavy atom. The first-order valence-electron chi connectivity index (χ1n) is 12.0. The summed E-state index contributed by atoms with van der Waals surface area (Å²) in [5.74, 6) is 1.54. The van der Waals surface area contributed by atoms with Crippen molar-refractivity contribution in [1.29, 1.82) is 0 Å². The van der Waals surface area contributed by atoms with E-state index in [1.807, 2.05) is 25.7 Å². The van der Waals surface area contributed by atoms with Crippen molar-refractivity contribution in [2.45, 2.75) is 64.6 Å². The van der Waals surface area contributed by atoms with E-state index in [1.54, 1.807) is 0 Å². The third-order valence-electron chi connectivity index (χ3n) is 6.65. The highest BCUT2D eigenvalue weighted by atomic mass is 16.6. The number of carbonyl (C=O) groups is 1. The van der Waals surface area contributed by atoms with E-state index in [2.05, 4.69) is 34.1 Å². The number of hydrogen-bond donors (Lipinski definition) is 0. The average Bonchev–Trinajstić information content (AvgIpc) is 3.24. The molecule has 6 heteroatoms. The number of rotatable bonds is 5. The molecule has 0 spiro atoms. The summed E-state index contributed by atoms with van der Waals surface area (Å²) in [5, 5.41) is 0. The van der Waals surface area contributed by atoms with Gasteiger partial charge in [0.25, 0.3) is 0 Å². The minimum absolute atomic E-state index is 0.175. The molecule has 0 unspecified atom stereocenters.